The molecule has 0 saturated carbocycles. The Hall–Kier alpha value is -3.45. The van der Waals surface area contributed by atoms with Gasteiger partial charge < -0.3 is 4.74 Å². The largest absolute Gasteiger partial charge is 0.461 e. The van der Waals surface area contributed by atoms with Gasteiger partial charge >= 0.3 is 5.97 Å². The van der Waals surface area contributed by atoms with Gasteiger partial charge in [-0.15, -0.1) is 0 Å². The number of pyridine rings is 1. The summed E-state index contributed by atoms with van der Waals surface area (Å²) in [4.78, 5) is 15.9. The summed E-state index contributed by atoms with van der Waals surface area (Å²) in [6.45, 7) is 2.00. The van der Waals surface area contributed by atoms with E-state index in [0.29, 0.717) is 11.2 Å². The van der Waals surface area contributed by atoms with Gasteiger partial charge in [0.05, 0.1) is 17.8 Å². The molecule has 0 fully saturated rings. The Bertz CT molecular complexity index is 814. The summed E-state index contributed by atoms with van der Waals surface area (Å²) >= 11 is 0. The molecular formula is C15H11N5O2. The van der Waals surface area contributed by atoms with Crippen molar-refractivity contribution in [3.63, 3.8) is 0 Å². The topological polar surface area (TPSA) is 111 Å². The highest BCUT2D eigenvalue weighted by atomic mass is 16.5. The number of nitriles is 2. The first-order chi connectivity index (χ1) is 10.7. The van der Waals surface area contributed by atoms with E-state index in [0.717, 1.165) is 5.39 Å². The van der Waals surface area contributed by atoms with Crippen LogP contribution in [0.25, 0.3) is 10.9 Å². The van der Waals surface area contributed by atoms with Crippen LogP contribution in [0.5, 0.6) is 0 Å². The molecule has 0 unspecified atom stereocenters. The zero-order valence-electron chi connectivity index (χ0n) is 11.7. The fourth-order valence-electron chi connectivity index (χ4n) is 1.70. The lowest BCUT2D eigenvalue weighted by Crippen LogP contribution is -2.06. The van der Waals surface area contributed by atoms with Crippen molar-refractivity contribution in [2.24, 2.45) is 5.10 Å². The Morgan fingerprint density at radius 2 is 2.05 bits per heavy atom. The summed E-state index contributed by atoms with van der Waals surface area (Å²) in [5.41, 5.74) is 3.64. The number of nitrogens with one attached hydrogen (secondary N) is 1. The molecule has 0 radical (unpaired) electrons. The monoisotopic (exact) mass is 293 g/mol. The van der Waals surface area contributed by atoms with Crippen molar-refractivity contribution in [1.29, 1.82) is 10.5 Å². The van der Waals surface area contributed by atoms with Gasteiger partial charge in [-0.05, 0) is 25.1 Å². The van der Waals surface area contributed by atoms with Crippen LogP contribution >= 0.6 is 0 Å². The number of carbonyl (C=O) groups excluding carboxylic acids is 1. The van der Waals surface area contributed by atoms with Crippen molar-refractivity contribution in [2.75, 3.05) is 12.0 Å². The lowest BCUT2D eigenvalue weighted by molar-refractivity contribution is 0.0520. The number of benzene rings is 1. The number of nitrogens with zero attached hydrogens (tertiary/aromatic N) is 4. The molecule has 1 N–H and O–H groups in total. The van der Waals surface area contributed by atoms with Crippen molar-refractivity contribution < 1.29 is 9.53 Å². The Morgan fingerprint density at radius 3 is 2.73 bits per heavy atom. The molecule has 1 heterocycles. The van der Waals surface area contributed by atoms with Gasteiger partial charge in [0, 0.05) is 5.39 Å². The molecule has 1 aromatic carbocycles. The second-order valence-corrected chi connectivity index (χ2v) is 4.12. The van der Waals surface area contributed by atoms with Gasteiger partial charge in [-0.2, -0.15) is 15.6 Å². The number of esters is 1. The van der Waals surface area contributed by atoms with Gasteiger partial charge in [0.1, 0.15) is 17.8 Å². The van der Waals surface area contributed by atoms with Crippen LogP contribution < -0.4 is 5.43 Å². The third kappa shape index (κ3) is 3.35. The number of hydrazone groups is 1. The summed E-state index contributed by atoms with van der Waals surface area (Å²) in [6, 6.07) is 11.8. The fraction of sp³-hybridized carbons (Fsp3) is 0.133. The number of ether oxygens (including phenoxy) is 1. The van der Waals surface area contributed by atoms with E-state index in [1.807, 2.05) is 0 Å². The molecule has 0 bridgehead atoms. The first-order valence-electron chi connectivity index (χ1n) is 6.39. The van der Waals surface area contributed by atoms with Crippen molar-refractivity contribution >= 4 is 28.3 Å². The highest BCUT2D eigenvalue weighted by Gasteiger charge is 2.09. The molecule has 0 atom stereocenters. The smallest absolute Gasteiger partial charge is 0.356 e. The van der Waals surface area contributed by atoms with Gasteiger partial charge in [0.15, 0.2) is 0 Å². The SMILES string of the molecule is CCOC(=O)c1ccc2ccc(NN=C(C#N)C#N)cc2n1. The number of rotatable bonds is 4. The molecule has 0 amide bonds. The number of aromatic nitrogens is 1. The highest BCUT2D eigenvalue weighted by molar-refractivity contribution is 6.10. The maximum atomic E-state index is 11.7. The minimum Gasteiger partial charge on any atom is -0.461 e. The molecule has 1 aromatic heterocycles. The molecule has 0 spiro atoms. The average Bonchev–Trinajstić information content (AvgIpc) is 2.55. The Kier molecular flexibility index (Phi) is 4.63. The number of hydrogen-bond acceptors (Lipinski definition) is 7. The van der Waals surface area contributed by atoms with E-state index >= 15 is 0 Å². The van der Waals surface area contributed by atoms with Crippen LogP contribution in [0.15, 0.2) is 35.4 Å². The molecule has 0 aliphatic rings. The second kappa shape index (κ2) is 6.82. The van der Waals surface area contributed by atoms with E-state index in [2.05, 4.69) is 15.5 Å². The van der Waals surface area contributed by atoms with Gasteiger partial charge in [-0.3, -0.25) is 5.43 Å². The molecule has 0 saturated heterocycles. The van der Waals surface area contributed by atoms with Gasteiger partial charge in [0.2, 0.25) is 5.71 Å². The van der Waals surface area contributed by atoms with E-state index < -0.39 is 5.97 Å². The third-order valence-corrected chi connectivity index (χ3v) is 2.69. The first-order valence-corrected chi connectivity index (χ1v) is 6.39. The molecule has 2 aromatic rings. The second-order valence-electron chi connectivity index (χ2n) is 4.12. The lowest BCUT2D eigenvalue weighted by atomic mass is 10.2. The van der Waals surface area contributed by atoms with Gasteiger partial charge in [0.25, 0.3) is 0 Å². The van der Waals surface area contributed by atoms with Crippen LogP contribution in [-0.4, -0.2) is 23.3 Å². The molecule has 0 aliphatic heterocycles. The van der Waals surface area contributed by atoms with Crippen LogP contribution in [0.3, 0.4) is 0 Å². The summed E-state index contributed by atoms with van der Waals surface area (Å²) in [6.07, 6.45) is 0. The van der Waals surface area contributed by atoms with Crippen LogP contribution in [0.4, 0.5) is 5.69 Å². The number of anilines is 1. The zero-order valence-corrected chi connectivity index (χ0v) is 11.7. The van der Waals surface area contributed by atoms with Crippen molar-refractivity contribution in [1.82, 2.24) is 4.98 Å². The molecule has 7 heteroatoms. The first kappa shape index (κ1) is 14.9. The van der Waals surface area contributed by atoms with E-state index in [1.165, 1.54) is 0 Å². The molecule has 22 heavy (non-hydrogen) atoms. The standard InChI is InChI=1S/C15H11N5O2/c1-2-22-15(21)13-6-4-10-3-5-11(7-14(10)18-13)19-20-12(8-16)9-17/h3-7,19H,2H2,1H3. The highest BCUT2D eigenvalue weighted by Crippen LogP contribution is 2.18. The Labute approximate surface area is 126 Å². The number of fused-ring (bicyclic) bond motifs is 1. The maximum absolute atomic E-state index is 11.7. The molecule has 2 rings (SSSR count). The molecule has 108 valence electrons. The lowest BCUT2D eigenvalue weighted by Gasteiger charge is -2.05. The maximum Gasteiger partial charge on any atom is 0.356 e. The van der Waals surface area contributed by atoms with Crippen LogP contribution in [0.1, 0.15) is 17.4 Å². The molecule has 7 nitrogen and oxygen atoms in total. The van der Waals surface area contributed by atoms with E-state index in [-0.39, 0.29) is 18.0 Å². The van der Waals surface area contributed by atoms with Crippen LogP contribution in [-0.2, 0) is 4.74 Å². The predicted octanol–water partition coefficient (Wildman–Crippen LogP) is 2.23. The third-order valence-electron chi connectivity index (χ3n) is 2.69. The Morgan fingerprint density at radius 1 is 1.32 bits per heavy atom. The van der Waals surface area contributed by atoms with Crippen molar-refractivity contribution in [2.45, 2.75) is 6.92 Å². The number of carbonyl (C=O) groups is 1. The summed E-state index contributed by atoms with van der Waals surface area (Å²) in [5.74, 6) is -0.489. The summed E-state index contributed by atoms with van der Waals surface area (Å²) < 4.78 is 4.90. The average molecular weight is 293 g/mol. The van der Waals surface area contributed by atoms with Gasteiger partial charge in [-0.1, -0.05) is 12.1 Å². The number of hydrogen-bond donors (Lipinski definition) is 1. The van der Waals surface area contributed by atoms with Gasteiger partial charge in [-0.25, -0.2) is 9.78 Å². The van der Waals surface area contributed by atoms with Crippen LogP contribution in [0, 0.1) is 22.7 Å². The fourth-order valence-corrected chi connectivity index (χ4v) is 1.70. The Balaban J connectivity index is 2.33. The minimum atomic E-state index is -0.489. The minimum absolute atomic E-state index is 0.213. The van der Waals surface area contributed by atoms with E-state index in [4.69, 9.17) is 15.3 Å². The predicted molar refractivity (Wildman–Crippen MR) is 80.0 cm³/mol. The van der Waals surface area contributed by atoms with Crippen molar-refractivity contribution in [3.05, 3.63) is 36.0 Å². The zero-order chi connectivity index (χ0) is 15.9. The van der Waals surface area contributed by atoms with Crippen LogP contribution in [0.2, 0.25) is 0 Å². The normalized spacial score (nSPS) is 9.41. The quantitative estimate of drug-likeness (QED) is 0.525. The van der Waals surface area contributed by atoms with Crippen molar-refractivity contribution in [3.8, 4) is 12.1 Å². The van der Waals surface area contributed by atoms with E-state index in [9.17, 15) is 4.79 Å². The summed E-state index contributed by atoms with van der Waals surface area (Å²) in [5, 5.41) is 21.7. The van der Waals surface area contributed by atoms with E-state index in [1.54, 1.807) is 49.4 Å². The molecular weight excluding hydrogens is 282 g/mol. The molecule has 0 aliphatic carbocycles. The summed E-state index contributed by atoms with van der Waals surface area (Å²) in [7, 11) is 0.